The van der Waals surface area contributed by atoms with Crippen LogP contribution in [-0.2, 0) is 28.8 Å². The van der Waals surface area contributed by atoms with Gasteiger partial charge in [0.2, 0.25) is 23.6 Å². The van der Waals surface area contributed by atoms with Crippen LogP contribution in [0, 0.1) is 11.8 Å². The van der Waals surface area contributed by atoms with Crippen molar-refractivity contribution in [3.05, 3.63) is 0 Å². The van der Waals surface area contributed by atoms with E-state index in [0.29, 0.717) is 6.42 Å². The number of carbonyl (C=O) groups excluding carboxylic acids is 4. The maximum absolute atomic E-state index is 12.9. The maximum Gasteiger partial charge on any atom is 0.326 e. The fraction of sp³-hybridized carbons (Fsp3) is 0.700. The number of carbonyl (C=O) groups is 6. The molecule has 0 saturated heterocycles. The average Bonchev–Trinajstić information content (AvgIpc) is 2.71. The molecule has 9 N–H and O–H groups in total. The summed E-state index contributed by atoms with van der Waals surface area (Å²) in [6, 6.07) is -5.01. The molecule has 0 aromatic heterocycles. The molecule has 13 heteroatoms. The monoisotopic (exact) mass is 473 g/mol. The van der Waals surface area contributed by atoms with Crippen LogP contribution in [0.15, 0.2) is 0 Å². The van der Waals surface area contributed by atoms with Gasteiger partial charge in [-0.2, -0.15) is 0 Å². The molecule has 188 valence electrons. The van der Waals surface area contributed by atoms with Crippen LogP contribution in [-0.4, -0.2) is 69.9 Å². The number of hydrogen-bond donors (Lipinski definition) is 7. The topological polar surface area (TPSA) is 231 Å². The van der Waals surface area contributed by atoms with Crippen LogP contribution >= 0.6 is 0 Å². The molecule has 33 heavy (non-hydrogen) atoms. The van der Waals surface area contributed by atoms with Crippen molar-refractivity contribution >= 4 is 35.6 Å². The van der Waals surface area contributed by atoms with Gasteiger partial charge in [0.05, 0.1) is 12.5 Å². The minimum atomic E-state index is -1.68. The summed E-state index contributed by atoms with van der Waals surface area (Å²) in [7, 11) is 0. The molecule has 5 atom stereocenters. The molecule has 0 bridgehead atoms. The van der Waals surface area contributed by atoms with Gasteiger partial charge in [0, 0.05) is 6.42 Å². The lowest BCUT2D eigenvalue weighted by Crippen LogP contribution is -2.59. The quantitative estimate of drug-likeness (QED) is 0.143. The van der Waals surface area contributed by atoms with E-state index in [1.807, 2.05) is 0 Å². The highest BCUT2D eigenvalue weighted by atomic mass is 16.4. The van der Waals surface area contributed by atoms with Crippen LogP contribution < -0.4 is 27.4 Å². The summed E-state index contributed by atoms with van der Waals surface area (Å²) in [6.45, 7) is 6.72. The van der Waals surface area contributed by atoms with Gasteiger partial charge in [-0.3, -0.25) is 24.0 Å². The Kier molecular flexibility index (Phi) is 12.7. The molecule has 0 aromatic rings. The Hall–Kier alpha value is -3.22. The Morgan fingerprint density at radius 2 is 1.36 bits per heavy atom. The molecule has 0 fully saturated rings. The predicted molar refractivity (Wildman–Crippen MR) is 116 cm³/mol. The van der Waals surface area contributed by atoms with Gasteiger partial charge < -0.3 is 37.6 Å². The van der Waals surface area contributed by atoms with E-state index in [2.05, 4.69) is 16.0 Å². The van der Waals surface area contributed by atoms with E-state index in [-0.39, 0.29) is 12.8 Å². The first kappa shape index (κ1) is 29.8. The third-order valence-electron chi connectivity index (χ3n) is 5.07. The summed E-state index contributed by atoms with van der Waals surface area (Å²) < 4.78 is 0. The van der Waals surface area contributed by atoms with Gasteiger partial charge in [-0.05, 0) is 18.3 Å². The number of hydrogen-bond acceptors (Lipinski definition) is 7. The van der Waals surface area contributed by atoms with E-state index in [1.54, 1.807) is 27.7 Å². The van der Waals surface area contributed by atoms with Crippen molar-refractivity contribution in [2.24, 2.45) is 23.3 Å². The summed E-state index contributed by atoms with van der Waals surface area (Å²) in [5.74, 6) is -6.65. The average molecular weight is 474 g/mol. The molecular formula is C20H35N5O8. The van der Waals surface area contributed by atoms with E-state index in [0.717, 1.165) is 0 Å². The number of nitrogens with one attached hydrogen (secondary N) is 3. The van der Waals surface area contributed by atoms with Gasteiger partial charge >= 0.3 is 11.9 Å². The third-order valence-corrected chi connectivity index (χ3v) is 5.07. The zero-order valence-corrected chi connectivity index (χ0v) is 19.3. The Morgan fingerprint density at radius 3 is 1.79 bits per heavy atom. The summed E-state index contributed by atoms with van der Waals surface area (Å²) in [6.07, 6.45) is -0.516. The molecule has 0 aliphatic rings. The van der Waals surface area contributed by atoms with Crippen molar-refractivity contribution in [2.45, 2.75) is 77.5 Å². The molecular weight excluding hydrogens is 438 g/mol. The van der Waals surface area contributed by atoms with E-state index >= 15 is 0 Å². The van der Waals surface area contributed by atoms with Crippen LogP contribution in [0.5, 0.6) is 0 Å². The van der Waals surface area contributed by atoms with E-state index in [4.69, 9.17) is 21.7 Å². The Bertz CT molecular complexity index is 742. The largest absolute Gasteiger partial charge is 0.481 e. The molecule has 0 heterocycles. The van der Waals surface area contributed by atoms with Crippen molar-refractivity contribution < 1.29 is 39.0 Å². The third kappa shape index (κ3) is 10.8. The van der Waals surface area contributed by atoms with Gasteiger partial charge in [-0.1, -0.05) is 34.1 Å². The van der Waals surface area contributed by atoms with Gasteiger partial charge in [-0.25, -0.2) is 4.79 Å². The molecule has 5 unspecified atom stereocenters. The van der Waals surface area contributed by atoms with Crippen LogP contribution in [0.4, 0.5) is 0 Å². The number of primary amides is 1. The zero-order valence-electron chi connectivity index (χ0n) is 19.3. The summed E-state index contributed by atoms with van der Waals surface area (Å²) in [4.78, 5) is 71.0. The van der Waals surface area contributed by atoms with Gasteiger partial charge in [0.15, 0.2) is 0 Å². The normalized spacial score (nSPS) is 15.5. The molecule has 0 aromatic carbocycles. The maximum atomic E-state index is 12.9. The second kappa shape index (κ2) is 14.0. The Morgan fingerprint density at radius 1 is 0.848 bits per heavy atom. The number of carboxylic acids is 2. The van der Waals surface area contributed by atoms with Crippen LogP contribution in [0.1, 0.15) is 53.4 Å². The summed E-state index contributed by atoms with van der Waals surface area (Å²) in [5, 5.41) is 25.2. The number of amides is 4. The number of nitrogens with two attached hydrogens (primary N) is 2. The van der Waals surface area contributed by atoms with Crippen LogP contribution in [0.2, 0.25) is 0 Å². The van der Waals surface area contributed by atoms with Crippen molar-refractivity contribution in [3.63, 3.8) is 0 Å². The van der Waals surface area contributed by atoms with Gasteiger partial charge in [0.1, 0.15) is 18.1 Å². The lowest BCUT2D eigenvalue weighted by molar-refractivity contribution is -0.147. The molecule has 0 saturated carbocycles. The molecule has 0 radical (unpaired) electrons. The highest BCUT2D eigenvalue weighted by Crippen LogP contribution is 2.11. The minimum Gasteiger partial charge on any atom is -0.481 e. The fourth-order valence-corrected chi connectivity index (χ4v) is 2.81. The Labute approximate surface area is 192 Å². The molecule has 0 aliphatic heterocycles. The summed E-state index contributed by atoms with van der Waals surface area (Å²) >= 11 is 0. The SMILES string of the molecule is CCC(C)C(NC(=O)C(NC(=O)C(N)CCC(N)=O)C(C)C)C(=O)NC(CC(=O)O)C(=O)O. The fourth-order valence-electron chi connectivity index (χ4n) is 2.81. The van der Waals surface area contributed by atoms with E-state index < -0.39 is 78.0 Å². The number of aliphatic carboxylic acids is 2. The van der Waals surface area contributed by atoms with Crippen molar-refractivity contribution in [1.29, 1.82) is 0 Å². The molecule has 4 amide bonds. The molecule has 13 nitrogen and oxygen atoms in total. The van der Waals surface area contributed by atoms with Crippen LogP contribution in [0.3, 0.4) is 0 Å². The standard InChI is InChI=1S/C20H35N5O8/c1-5-10(4)16(19(31)23-12(20(32)33)8-14(27)28)25-18(30)15(9(2)3)24-17(29)11(21)6-7-13(22)26/h9-12,15-16H,5-8,21H2,1-4H3,(H2,22,26)(H,23,31)(H,24,29)(H,25,30)(H,27,28)(H,32,33). The van der Waals surface area contributed by atoms with E-state index in [9.17, 15) is 28.8 Å². The highest BCUT2D eigenvalue weighted by molar-refractivity contribution is 5.95. The van der Waals surface area contributed by atoms with E-state index in [1.165, 1.54) is 0 Å². The smallest absolute Gasteiger partial charge is 0.326 e. The van der Waals surface area contributed by atoms with Crippen LogP contribution in [0.25, 0.3) is 0 Å². The molecule has 0 rings (SSSR count). The number of carboxylic acid groups (broad SMARTS) is 2. The first-order valence-corrected chi connectivity index (χ1v) is 10.6. The van der Waals surface area contributed by atoms with Gasteiger partial charge in [-0.15, -0.1) is 0 Å². The highest BCUT2D eigenvalue weighted by Gasteiger charge is 2.34. The van der Waals surface area contributed by atoms with Gasteiger partial charge in [0.25, 0.3) is 0 Å². The van der Waals surface area contributed by atoms with Crippen molar-refractivity contribution in [2.75, 3.05) is 0 Å². The first-order chi connectivity index (χ1) is 15.2. The molecule has 0 aliphatic carbocycles. The summed E-state index contributed by atoms with van der Waals surface area (Å²) in [5.41, 5.74) is 10.8. The predicted octanol–water partition coefficient (Wildman–Crippen LogP) is -1.70. The lowest BCUT2D eigenvalue weighted by Gasteiger charge is -2.29. The second-order valence-electron chi connectivity index (χ2n) is 8.21. The minimum absolute atomic E-state index is 0.00828. The second-order valence-corrected chi connectivity index (χ2v) is 8.21. The number of rotatable bonds is 15. The van der Waals surface area contributed by atoms with Crippen molar-refractivity contribution in [1.82, 2.24) is 16.0 Å². The molecule has 0 spiro atoms. The lowest BCUT2D eigenvalue weighted by atomic mass is 9.96. The zero-order chi connectivity index (χ0) is 25.9. The first-order valence-electron chi connectivity index (χ1n) is 10.6. The Balaban J connectivity index is 5.47. The van der Waals surface area contributed by atoms with Crippen molar-refractivity contribution in [3.8, 4) is 0 Å².